The lowest BCUT2D eigenvalue weighted by atomic mass is 10.1. The fourth-order valence-electron chi connectivity index (χ4n) is 2.16. The van der Waals surface area contributed by atoms with Gasteiger partial charge in [0.05, 0.1) is 7.11 Å². The van der Waals surface area contributed by atoms with E-state index in [0.29, 0.717) is 5.75 Å². The molecule has 1 unspecified atom stereocenters. The summed E-state index contributed by atoms with van der Waals surface area (Å²) in [4.78, 5) is 17.4. The molecule has 1 aromatic carbocycles. The molecule has 106 valence electrons. The molecule has 0 saturated heterocycles. The molecular formula is C15H18N2O3. The Kier molecular flexibility index (Phi) is 3.79. The Bertz CT molecular complexity index is 655. The number of carboxylic acid groups (broad SMARTS) is 1. The molecule has 0 spiro atoms. The lowest BCUT2D eigenvalue weighted by Crippen LogP contribution is -2.36. The van der Waals surface area contributed by atoms with Crippen LogP contribution in [0.3, 0.4) is 0 Å². The molecule has 2 aromatic rings. The van der Waals surface area contributed by atoms with Crippen molar-refractivity contribution in [2.24, 2.45) is 0 Å². The van der Waals surface area contributed by atoms with Gasteiger partial charge in [-0.15, -0.1) is 0 Å². The Balaban J connectivity index is 2.67. The molecule has 5 nitrogen and oxygen atoms in total. The standard InChI is InChI=1S/C15H18N2O3/c1-9-8-12(17(3)10(2)15(18)19)11-6-5-7-13(20-4)14(11)16-9/h5-8,10H,1-4H3,(H,18,19). The van der Waals surface area contributed by atoms with Gasteiger partial charge in [-0.2, -0.15) is 0 Å². The van der Waals surface area contributed by atoms with Gasteiger partial charge in [-0.1, -0.05) is 12.1 Å². The predicted octanol–water partition coefficient (Wildman–Crippen LogP) is 2.46. The number of aliphatic carboxylic acids is 1. The second-order valence-electron chi connectivity index (χ2n) is 4.76. The minimum absolute atomic E-state index is 0.619. The number of rotatable bonds is 4. The van der Waals surface area contributed by atoms with Crippen molar-refractivity contribution in [1.29, 1.82) is 0 Å². The molecule has 0 amide bonds. The number of likely N-dealkylation sites (N-methyl/N-ethyl adjacent to an activating group) is 1. The third kappa shape index (κ3) is 2.39. The van der Waals surface area contributed by atoms with Gasteiger partial charge in [-0.05, 0) is 26.0 Å². The third-order valence-corrected chi connectivity index (χ3v) is 3.45. The number of aryl methyl sites for hydroxylation is 1. The van der Waals surface area contributed by atoms with Gasteiger partial charge in [-0.3, -0.25) is 0 Å². The smallest absolute Gasteiger partial charge is 0.326 e. The molecule has 20 heavy (non-hydrogen) atoms. The number of carbonyl (C=O) groups is 1. The van der Waals surface area contributed by atoms with Crippen molar-refractivity contribution >= 4 is 22.6 Å². The number of ether oxygens (including phenoxy) is 1. The number of pyridine rings is 1. The van der Waals surface area contributed by atoms with E-state index in [0.717, 1.165) is 22.3 Å². The number of anilines is 1. The zero-order chi connectivity index (χ0) is 14.9. The van der Waals surface area contributed by atoms with Crippen LogP contribution in [0.4, 0.5) is 5.69 Å². The first kappa shape index (κ1) is 14.1. The van der Waals surface area contributed by atoms with Gasteiger partial charge in [0.2, 0.25) is 0 Å². The SMILES string of the molecule is COc1cccc2c(N(C)C(C)C(=O)O)cc(C)nc12. The van der Waals surface area contributed by atoms with E-state index in [1.165, 1.54) is 0 Å². The Hall–Kier alpha value is -2.30. The lowest BCUT2D eigenvalue weighted by molar-refractivity contribution is -0.138. The van der Waals surface area contributed by atoms with Crippen molar-refractivity contribution < 1.29 is 14.6 Å². The van der Waals surface area contributed by atoms with E-state index in [2.05, 4.69) is 4.98 Å². The Morgan fingerprint density at radius 2 is 2.15 bits per heavy atom. The van der Waals surface area contributed by atoms with Crippen LogP contribution in [-0.4, -0.2) is 36.3 Å². The van der Waals surface area contributed by atoms with Crippen LogP contribution in [0.25, 0.3) is 10.9 Å². The minimum atomic E-state index is -0.863. The maximum Gasteiger partial charge on any atom is 0.326 e. The van der Waals surface area contributed by atoms with Gasteiger partial charge >= 0.3 is 5.97 Å². The summed E-state index contributed by atoms with van der Waals surface area (Å²) in [5.74, 6) is -0.179. The van der Waals surface area contributed by atoms with Gasteiger partial charge in [-0.25, -0.2) is 9.78 Å². The zero-order valence-corrected chi connectivity index (χ0v) is 12.0. The zero-order valence-electron chi connectivity index (χ0n) is 12.0. The summed E-state index contributed by atoms with van der Waals surface area (Å²) in [6.45, 7) is 3.54. The largest absolute Gasteiger partial charge is 0.494 e. The number of nitrogens with zero attached hydrogens (tertiary/aromatic N) is 2. The van der Waals surface area contributed by atoms with E-state index in [9.17, 15) is 9.90 Å². The van der Waals surface area contributed by atoms with E-state index < -0.39 is 12.0 Å². The van der Waals surface area contributed by atoms with Crippen molar-refractivity contribution in [3.8, 4) is 5.75 Å². The number of fused-ring (bicyclic) bond motifs is 1. The van der Waals surface area contributed by atoms with Gasteiger partial charge < -0.3 is 14.7 Å². The van der Waals surface area contributed by atoms with Crippen LogP contribution >= 0.6 is 0 Å². The molecule has 0 aliphatic heterocycles. The van der Waals surface area contributed by atoms with Crippen molar-refractivity contribution in [3.63, 3.8) is 0 Å². The summed E-state index contributed by atoms with van der Waals surface area (Å²) in [5.41, 5.74) is 2.40. The predicted molar refractivity (Wildman–Crippen MR) is 78.5 cm³/mol. The number of aromatic nitrogens is 1. The van der Waals surface area contributed by atoms with Crippen molar-refractivity contribution in [3.05, 3.63) is 30.0 Å². The number of carboxylic acids is 1. The summed E-state index contributed by atoms with van der Waals surface area (Å²) in [7, 11) is 3.37. The second kappa shape index (κ2) is 5.36. The summed E-state index contributed by atoms with van der Waals surface area (Å²) in [6.07, 6.45) is 0. The fraction of sp³-hybridized carbons (Fsp3) is 0.333. The molecule has 0 saturated carbocycles. The van der Waals surface area contributed by atoms with Crippen LogP contribution in [0.2, 0.25) is 0 Å². The molecule has 1 heterocycles. The van der Waals surface area contributed by atoms with E-state index in [4.69, 9.17) is 4.74 Å². The van der Waals surface area contributed by atoms with E-state index in [1.807, 2.05) is 31.2 Å². The van der Waals surface area contributed by atoms with Gasteiger partial charge in [0.25, 0.3) is 0 Å². The Morgan fingerprint density at radius 1 is 1.45 bits per heavy atom. The summed E-state index contributed by atoms with van der Waals surface area (Å²) in [5, 5.41) is 10.1. The summed E-state index contributed by atoms with van der Waals surface area (Å²) >= 11 is 0. The first-order chi connectivity index (χ1) is 9.45. The van der Waals surface area contributed by atoms with Crippen molar-refractivity contribution in [2.45, 2.75) is 19.9 Å². The molecule has 0 aliphatic rings. The topological polar surface area (TPSA) is 62.7 Å². The minimum Gasteiger partial charge on any atom is -0.494 e. The Morgan fingerprint density at radius 3 is 2.75 bits per heavy atom. The van der Waals surface area contributed by atoms with Crippen LogP contribution in [0.1, 0.15) is 12.6 Å². The average Bonchev–Trinajstić information content (AvgIpc) is 2.44. The molecule has 0 radical (unpaired) electrons. The molecule has 0 bridgehead atoms. The van der Waals surface area contributed by atoms with E-state index >= 15 is 0 Å². The highest BCUT2D eigenvalue weighted by Crippen LogP contribution is 2.32. The first-order valence-corrected chi connectivity index (χ1v) is 6.35. The number of hydrogen-bond acceptors (Lipinski definition) is 4. The van der Waals surface area contributed by atoms with Gasteiger partial charge in [0.15, 0.2) is 0 Å². The second-order valence-corrected chi connectivity index (χ2v) is 4.76. The number of para-hydroxylation sites is 1. The van der Waals surface area contributed by atoms with E-state index in [-0.39, 0.29) is 0 Å². The summed E-state index contributed by atoms with van der Waals surface area (Å²) < 4.78 is 5.33. The fourth-order valence-corrected chi connectivity index (χ4v) is 2.16. The monoisotopic (exact) mass is 274 g/mol. The third-order valence-electron chi connectivity index (χ3n) is 3.45. The number of hydrogen-bond donors (Lipinski definition) is 1. The van der Waals surface area contributed by atoms with Crippen LogP contribution in [0.15, 0.2) is 24.3 Å². The van der Waals surface area contributed by atoms with Crippen molar-refractivity contribution in [2.75, 3.05) is 19.1 Å². The number of methoxy groups -OCH3 is 1. The van der Waals surface area contributed by atoms with Gasteiger partial charge in [0, 0.05) is 23.8 Å². The lowest BCUT2D eigenvalue weighted by Gasteiger charge is -2.25. The molecule has 5 heteroatoms. The highest BCUT2D eigenvalue weighted by atomic mass is 16.5. The molecule has 1 atom stereocenters. The first-order valence-electron chi connectivity index (χ1n) is 6.35. The maximum absolute atomic E-state index is 11.2. The van der Waals surface area contributed by atoms with Crippen LogP contribution in [0, 0.1) is 6.92 Å². The van der Waals surface area contributed by atoms with Crippen molar-refractivity contribution in [1.82, 2.24) is 4.98 Å². The number of benzene rings is 1. The highest BCUT2D eigenvalue weighted by molar-refractivity contribution is 5.96. The van der Waals surface area contributed by atoms with Crippen LogP contribution in [0.5, 0.6) is 5.75 Å². The Labute approximate surface area is 117 Å². The van der Waals surface area contributed by atoms with Gasteiger partial charge in [0.1, 0.15) is 17.3 Å². The maximum atomic E-state index is 11.2. The van der Waals surface area contributed by atoms with Crippen LogP contribution in [-0.2, 0) is 4.79 Å². The molecular weight excluding hydrogens is 256 g/mol. The average molecular weight is 274 g/mol. The molecule has 0 aliphatic carbocycles. The summed E-state index contributed by atoms with van der Waals surface area (Å²) in [6, 6.07) is 6.91. The molecule has 2 rings (SSSR count). The molecule has 1 N–H and O–H groups in total. The quantitative estimate of drug-likeness (QED) is 0.928. The molecule has 1 aromatic heterocycles. The molecule has 0 fully saturated rings. The highest BCUT2D eigenvalue weighted by Gasteiger charge is 2.20. The van der Waals surface area contributed by atoms with E-state index in [1.54, 1.807) is 26.0 Å². The normalized spacial score (nSPS) is 12.2. The van der Waals surface area contributed by atoms with Crippen LogP contribution < -0.4 is 9.64 Å².